The third kappa shape index (κ3) is 20.0. The van der Waals surface area contributed by atoms with Crippen molar-refractivity contribution in [1.29, 1.82) is 0 Å². The van der Waals surface area contributed by atoms with Gasteiger partial charge in [0, 0.05) is 61.2 Å². The number of nitrogens with zero attached hydrogens (tertiary/aromatic N) is 14. The maximum atomic E-state index is 4.69. The SMILES string of the molecule is Br.C.C1=CN(Cc2ccccc2)[CH-]N1Cc1ccccc1.[Cl][Pt+].[Pt+2].c1ccc(Cn2cc[n+](Cc3ccccc3)c2)cc1.c1ccc(N=C2[N-]C(=Nc3ccccn3)c3cc4ccccc4cc32)nc1.c1ccc(N=C2[N-]C(=Nc3ccccn3)c3cc4ccccc4cc32)nc1. The van der Waals surface area contributed by atoms with Gasteiger partial charge in [-0.1, -0.05) is 202 Å². The Morgan fingerprint density at radius 3 is 0.979 bits per heavy atom. The molecular weight excluding hydrogens is 1650 g/mol. The molecule has 486 valence electrons. The van der Waals surface area contributed by atoms with Crippen LogP contribution in [0.15, 0.2) is 343 Å². The molecule has 0 radical (unpaired) electrons. The smallest absolute Gasteiger partial charge is 0.357 e. The zero-order valence-electron chi connectivity index (χ0n) is 51.7. The summed E-state index contributed by atoms with van der Waals surface area (Å²) in [4.78, 5) is 40.1. The van der Waals surface area contributed by atoms with Crippen molar-refractivity contribution in [2.24, 2.45) is 20.0 Å². The maximum absolute atomic E-state index is 4.69. The second-order valence-corrected chi connectivity index (χ2v) is 21.7. The van der Waals surface area contributed by atoms with Crippen molar-refractivity contribution in [2.75, 3.05) is 0 Å². The van der Waals surface area contributed by atoms with Crippen molar-refractivity contribution in [3.8, 4) is 0 Å². The van der Waals surface area contributed by atoms with E-state index in [9.17, 15) is 0 Å². The summed E-state index contributed by atoms with van der Waals surface area (Å²) in [6.45, 7) is 5.83. The molecule has 0 unspecified atom stereocenters. The van der Waals surface area contributed by atoms with Crippen molar-refractivity contribution in [3.63, 3.8) is 0 Å². The molecule has 13 aromatic rings. The van der Waals surface area contributed by atoms with E-state index >= 15 is 0 Å². The number of hydrogen-bond donors (Lipinski definition) is 0. The first-order valence-corrected chi connectivity index (χ1v) is 33.2. The number of rotatable bonds is 12. The second kappa shape index (κ2) is 36.7. The van der Waals surface area contributed by atoms with Crippen LogP contribution in [-0.2, 0) is 66.0 Å². The molecule has 16 rings (SSSR count). The molecular formula is C79H67BrClN14Pt2+. The van der Waals surface area contributed by atoms with Gasteiger partial charge in [-0.2, -0.15) is 6.67 Å². The van der Waals surface area contributed by atoms with Gasteiger partial charge in [-0.25, -0.2) is 9.13 Å². The number of halogens is 2. The third-order valence-electron chi connectivity index (χ3n) is 15.0. The average molecular weight is 1720 g/mol. The molecule has 0 saturated carbocycles. The summed E-state index contributed by atoms with van der Waals surface area (Å²) in [5, 5.41) is 13.9. The van der Waals surface area contributed by atoms with Crippen LogP contribution in [0.25, 0.3) is 32.2 Å². The minimum Gasteiger partial charge on any atom is -0.357 e. The van der Waals surface area contributed by atoms with Crippen LogP contribution in [0.3, 0.4) is 0 Å². The van der Waals surface area contributed by atoms with Gasteiger partial charge in [0.05, 0.1) is 23.3 Å². The Kier molecular flexibility index (Phi) is 26.9. The Balaban J connectivity index is 0.000000151. The van der Waals surface area contributed by atoms with E-state index in [-0.39, 0.29) is 45.5 Å². The summed E-state index contributed by atoms with van der Waals surface area (Å²) in [6, 6.07) is 89.5. The predicted molar refractivity (Wildman–Crippen MR) is 392 cm³/mol. The summed E-state index contributed by atoms with van der Waals surface area (Å²) < 4.78 is 4.41. The molecule has 18 heteroatoms. The largest absolute Gasteiger partial charge is 2.00 e. The number of fused-ring (bicyclic) bond motifs is 4. The third-order valence-corrected chi connectivity index (χ3v) is 15.0. The standard InChI is InChI=1S/2C22H14N5.2C17H17N2.CH4.BrH.ClH.2Pt/c2*1-2-8-16-14-18-17(13-15(16)7-1)21(25-19-9-3-5-11-23-19)27-22(18)26-20-10-4-6-12-24-20;2*1-3-7-16(8-4-1)13-18-11-12-19(15-18)14-17-9-5-2-6-10-17;;;;;/h2*1-14H;2*1-12,15H,13-14H2;1H4;2*1H;;/q3*-1;+1;;;;2*+2/p-1. The summed E-state index contributed by atoms with van der Waals surface area (Å²) in [5.74, 6) is 4.94. The van der Waals surface area contributed by atoms with Crippen LogP contribution in [-0.4, -0.2) is 57.6 Å². The second-order valence-electron chi connectivity index (χ2n) is 21.7. The number of imidazole rings is 1. The molecule has 0 bridgehead atoms. The topological polar surface area (TPSA) is 144 Å². The van der Waals surface area contributed by atoms with Gasteiger partial charge in [-0.05, 0) is 151 Å². The number of amidine groups is 4. The van der Waals surface area contributed by atoms with Gasteiger partial charge in [0.25, 0.3) is 0 Å². The first-order valence-electron chi connectivity index (χ1n) is 30.4. The quantitative estimate of drug-likeness (QED) is 0.0880. The van der Waals surface area contributed by atoms with Gasteiger partial charge >= 0.3 is 49.3 Å². The zero-order valence-corrected chi connectivity index (χ0v) is 58.7. The van der Waals surface area contributed by atoms with Gasteiger partial charge in [-0.3, -0.25) is 19.9 Å². The van der Waals surface area contributed by atoms with Crippen LogP contribution in [0.4, 0.5) is 23.3 Å². The number of aliphatic imine (C=N–C) groups is 4. The van der Waals surface area contributed by atoms with Crippen molar-refractivity contribution < 1.29 is 44.4 Å². The van der Waals surface area contributed by atoms with Gasteiger partial charge in [0.1, 0.15) is 25.5 Å². The molecule has 0 saturated heterocycles. The summed E-state index contributed by atoms with van der Waals surface area (Å²) in [6.07, 6.45) is 17.5. The van der Waals surface area contributed by atoms with E-state index < -0.39 is 0 Å². The van der Waals surface area contributed by atoms with Crippen molar-refractivity contribution in [2.45, 2.75) is 33.6 Å². The van der Waals surface area contributed by atoms with E-state index in [0.29, 0.717) is 46.6 Å². The fourth-order valence-electron chi connectivity index (χ4n) is 10.5. The molecule has 8 aromatic carbocycles. The molecule has 14 nitrogen and oxygen atoms in total. The molecule has 3 aliphatic heterocycles. The zero-order chi connectivity index (χ0) is 63.9. The molecule has 0 fully saturated rings. The molecule has 0 amide bonds. The monoisotopic (exact) mass is 1720 g/mol. The Morgan fingerprint density at radius 1 is 0.381 bits per heavy atom. The van der Waals surface area contributed by atoms with E-state index in [1.54, 1.807) is 43.6 Å². The van der Waals surface area contributed by atoms with E-state index in [4.69, 9.17) is 0 Å². The molecule has 5 aromatic heterocycles. The molecule has 0 atom stereocenters. The minimum atomic E-state index is 0. The molecule has 0 aliphatic carbocycles. The van der Waals surface area contributed by atoms with Crippen LogP contribution in [0, 0.1) is 6.67 Å². The van der Waals surface area contributed by atoms with Gasteiger partial charge in [-0.15, -0.1) is 17.0 Å². The Bertz CT molecular complexity index is 4240. The minimum absolute atomic E-state index is 0. The van der Waals surface area contributed by atoms with Gasteiger partial charge in [0.15, 0.2) is 0 Å². The van der Waals surface area contributed by atoms with E-state index in [2.05, 4.69) is 287 Å². The van der Waals surface area contributed by atoms with Crippen molar-refractivity contribution in [1.82, 2.24) is 34.3 Å². The van der Waals surface area contributed by atoms with E-state index in [0.717, 1.165) is 70.0 Å². The molecule has 0 N–H and O–H groups in total. The van der Waals surface area contributed by atoms with Crippen LogP contribution in [0.5, 0.6) is 0 Å². The maximum Gasteiger partial charge on any atom is 2.00 e. The molecule has 3 aliphatic rings. The molecule has 97 heavy (non-hydrogen) atoms. The first kappa shape index (κ1) is 71.2. The normalized spacial score (nSPS) is 13.7. The molecule has 8 heterocycles. The summed E-state index contributed by atoms with van der Waals surface area (Å²) in [5.41, 5.74) is 9.11. The first-order chi connectivity index (χ1) is 46.5. The van der Waals surface area contributed by atoms with E-state index in [1.807, 2.05) is 97.1 Å². The average Bonchev–Trinajstić information content (AvgIpc) is 1.66. The number of benzene rings is 8. The van der Waals surface area contributed by atoms with Crippen LogP contribution >= 0.6 is 26.4 Å². The van der Waals surface area contributed by atoms with Crippen LogP contribution in [0.2, 0.25) is 0 Å². The summed E-state index contributed by atoms with van der Waals surface area (Å²) >= 11 is 1.61. The number of pyridine rings is 4. The van der Waals surface area contributed by atoms with Gasteiger partial charge < -0.3 is 40.4 Å². The van der Waals surface area contributed by atoms with Gasteiger partial charge in [0.2, 0.25) is 6.33 Å². The van der Waals surface area contributed by atoms with Crippen LogP contribution < -0.4 is 4.57 Å². The fraction of sp³-hybridized carbons (Fsp3) is 0.0633. The number of aromatic nitrogens is 6. The van der Waals surface area contributed by atoms with E-state index in [1.165, 1.54) is 22.3 Å². The molecule has 0 spiro atoms. The fourth-order valence-corrected chi connectivity index (χ4v) is 10.5. The predicted octanol–water partition coefficient (Wildman–Crippen LogP) is 18.7. The Labute approximate surface area is 606 Å². The Hall–Kier alpha value is -10.1. The van der Waals surface area contributed by atoms with Crippen molar-refractivity contribution >= 4 is 94.6 Å². The number of hydrogen-bond acceptors (Lipinski definition) is 10. The summed E-state index contributed by atoms with van der Waals surface area (Å²) in [7, 11) is 4.61. The Morgan fingerprint density at radius 2 is 0.670 bits per heavy atom. The van der Waals surface area contributed by atoms with Crippen molar-refractivity contribution in [3.05, 3.63) is 385 Å². The van der Waals surface area contributed by atoms with Crippen LogP contribution in [0.1, 0.15) is 51.9 Å².